The van der Waals surface area contributed by atoms with Gasteiger partial charge in [0.05, 0.1) is 10.0 Å². The molecule has 1 atom stereocenters. The molecule has 0 aliphatic heterocycles. The Morgan fingerprint density at radius 3 is 2.67 bits per heavy atom. The highest BCUT2D eigenvalue weighted by atomic mass is 35.5. The van der Waals surface area contributed by atoms with Crippen molar-refractivity contribution in [1.29, 1.82) is 0 Å². The van der Waals surface area contributed by atoms with Gasteiger partial charge < -0.3 is 5.32 Å². The molecule has 2 rings (SSSR count). The molecular formula is C15H21Cl2N. The van der Waals surface area contributed by atoms with Crippen LogP contribution in [0, 0.1) is 5.92 Å². The van der Waals surface area contributed by atoms with E-state index in [1.54, 1.807) is 0 Å². The molecule has 1 aromatic carbocycles. The smallest absolute Gasteiger partial charge is 0.0595 e. The topological polar surface area (TPSA) is 12.0 Å². The zero-order chi connectivity index (χ0) is 13.0. The minimum atomic E-state index is 0.417. The van der Waals surface area contributed by atoms with Gasteiger partial charge in [-0.05, 0) is 49.4 Å². The van der Waals surface area contributed by atoms with Gasteiger partial charge in [-0.2, -0.15) is 0 Å². The third-order valence-electron chi connectivity index (χ3n) is 3.55. The van der Waals surface area contributed by atoms with E-state index in [4.69, 9.17) is 23.2 Å². The maximum Gasteiger partial charge on any atom is 0.0595 e. The zero-order valence-corrected chi connectivity index (χ0v) is 12.4. The highest BCUT2D eigenvalue weighted by Gasteiger charge is 2.23. The highest BCUT2D eigenvalue weighted by molar-refractivity contribution is 6.42. The van der Waals surface area contributed by atoms with Crippen molar-refractivity contribution < 1.29 is 0 Å². The molecule has 1 saturated carbocycles. The molecule has 0 aromatic heterocycles. The minimum Gasteiger partial charge on any atom is -0.310 e. The van der Waals surface area contributed by atoms with Crippen LogP contribution in [0.25, 0.3) is 0 Å². The van der Waals surface area contributed by atoms with Crippen LogP contribution in [0.2, 0.25) is 10.0 Å². The predicted octanol–water partition coefficient (Wildman–Crippen LogP) is 5.22. The van der Waals surface area contributed by atoms with E-state index in [1.807, 2.05) is 12.1 Å². The quantitative estimate of drug-likeness (QED) is 0.724. The molecule has 18 heavy (non-hydrogen) atoms. The summed E-state index contributed by atoms with van der Waals surface area (Å²) >= 11 is 12.1. The zero-order valence-electron chi connectivity index (χ0n) is 10.9. The van der Waals surface area contributed by atoms with E-state index in [-0.39, 0.29) is 0 Å². The largest absolute Gasteiger partial charge is 0.310 e. The molecule has 1 unspecified atom stereocenters. The van der Waals surface area contributed by atoms with Crippen LogP contribution in [0.5, 0.6) is 0 Å². The normalized spacial score (nSPS) is 16.8. The molecule has 0 amide bonds. The second-order valence-corrected chi connectivity index (χ2v) is 6.02. The van der Waals surface area contributed by atoms with E-state index in [9.17, 15) is 0 Å². The number of nitrogens with one attached hydrogen (secondary N) is 1. The van der Waals surface area contributed by atoms with Crippen LogP contribution in [-0.2, 0) is 0 Å². The summed E-state index contributed by atoms with van der Waals surface area (Å²) < 4.78 is 0. The molecule has 1 aliphatic rings. The first-order chi connectivity index (χ1) is 8.70. The fourth-order valence-electron chi connectivity index (χ4n) is 2.24. The molecule has 0 spiro atoms. The third-order valence-corrected chi connectivity index (χ3v) is 4.29. The van der Waals surface area contributed by atoms with Crippen LogP contribution >= 0.6 is 23.2 Å². The fraction of sp³-hybridized carbons (Fsp3) is 0.600. The number of halogens is 2. The first-order valence-corrected chi connectivity index (χ1v) is 7.64. The van der Waals surface area contributed by atoms with Gasteiger partial charge in [0.1, 0.15) is 0 Å². The maximum atomic E-state index is 6.11. The Balaban J connectivity index is 2.01. The Labute approximate surface area is 120 Å². The van der Waals surface area contributed by atoms with Crippen molar-refractivity contribution in [1.82, 2.24) is 5.32 Å². The SMILES string of the molecule is CCCNC(CCC1CC1)c1ccc(Cl)c(Cl)c1. The summed E-state index contributed by atoms with van der Waals surface area (Å²) in [7, 11) is 0. The average Bonchev–Trinajstić information content (AvgIpc) is 3.17. The molecule has 0 radical (unpaired) electrons. The molecule has 1 N–H and O–H groups in total. The first kappa shape index (κ1) is 14.2. The van der Waals surface area contributed by atoms with Crippen molar-refractivity contribution in [3.63, 3.8) is 0 Å². The Morgan fingerprint density at radius 2 is 2.06 bits per heavy atom. The van der Waals surface area contributed by atoms with Crippen molar-refractivity contribution >= 4 is 23.2 Å². The second kappa shape index (κ2) is 6.79. The molecule has 1 fully saturated rings. The van der Waals surface area contributed by atoms with Gasteiger partial charge in [-0.1, -0.05) is 49.0 Å². The summed E-state index contributed by atoms with van der Waals surface area (Å²) in [4.78, 5) is 0. The lowest BCUT2D eigenvalue weighted by Gasteiger charge is -2.19. The average molecular weight is 286 g/mol. The highest BCUT2D eigenvalue weighted by Crippen LogP contribution is 2.36. The van der Waals surface area contributed by atoms with Crippen LogP contribution in [0.15, 0.2) is 18.2 Å². The van der Waals surface area contributed by atoms with E-state index in [0.29, 0.717) is 16.1 Å². The van der Waals surface area contributed by atoms with Gasteiger partial charge in [0.15, 0.2) is 0 Å². The van der Waals surface area contributed by atoms with Crippen molar-refractivity contribution in [3.05, 3.63) is 33.8 Å². The minimum absolute atomic E-state index is 0.417. The van der Waals surface area contributed by atoms with Gasteiger partial charge >= 0.3 is 0 Å². The van der Waals surface area contributed by atoms with Gasteiger partial charge in [-0.3, -0.25) is 0 Å². The monoisotopic (exact) mass is 285 g/mol. The second-order valence-electron chi connectivity index (χ2n) is 5.20. The summed E-state index contributed by atoms with van der Waals surface area (Å²) in [5.41, 5.74) is 1.26. The standard InChI is InChI=1S/C15H21Cl2N/c1-2-9-18-15(8-5-11-3-4-11)12-6-7-13(16)14(17)10-12/h6-7,10-11,15,18H,2-5,8-9H2,1H3. The van der Waals surface area contributed by atoms with Gasteiger partial charge in [-0.25, -0.2) is 0 Å². The molecule has 100 valence electrons. The number of benzene rings is 1. The van der Waals surface area contributed by atoms with Crippen LogP contribution < -0.4 is 5.32 Å². The molecule has 1 aliphatic carbocycles. The lowest BCUT2D eigenvalue weighted by atomic mass is 10.0. The van der Waals surface area contributed by atoms with Crippen LogP contribution in [0.1, 0.15) is 50.6 Å². The summed E-state index contributed by atoms with van der Waals surface area (Å²) in [6, 6.07) is 6.41. The van der Waals surface area contributed by atoms with Crippen molar-refractivity contribution in [3.8, 4) is 0 Å². The van der Waals surface area contributed by atoms with E-state index < -0.39 is 0 Å². The van der Waals surface area contributed by atoms with Gasteiger partial charge in [0.2, 0.25) is 0 Å². The van der Waals surface area contributed by atoms with Crippen molar-refractivity contribution in [2.45, 2.75) is 45.1 Å². The summed E-state index contributed by atoms with van der Waals surface area (Å²) in [6.07, 6.45) is 6.51. The number of hydrogen-bond acceptors (Lipinski definition) is 1. The summed E-state index contributed by atoms with van der Waals surface area (Å²) in [5.74, 6) is 0.971. The first-order valence-electron chi connectivity index (χ1n) is 6.89. The van der Waals surface area contributed by atoms with Gasteiger partial charge in [0, 0.05) is 6.04 Å². The van der Waals surface area contributed by atoms with Gasteiger partial charge in [-0.15, -0.1) is 0 Å². The van der Waals surface area contributed by atoms with E-state index >= 15 is 0 Å². The summed E-state index contributed by atoms with van der Waals surface area (Å²) in [6.45, 7) is 3.25. The number of hydrogen-bond donors (Lipinski definition) is 1. The van der Waals surface area contributed by atoms with Gasteiger partial charge in [0.25, 0.3) is 0 Å². The maximum absolute atomic E-state index is 6.11. The lowest BCUT2D eigenvalue weighted by Crippen LogP contribution is -2.22. The fourth-order valence-corrected chi connectivity index (χ4v) is 2.55. The Bertz CT molecular complexity index is 388. The van der Waals surface area contributed by atoms with Crippen molar-refractivity contribution in [2.75, 3.05) is 6.54 Å². The molecule has 0 heterocycles. The van der Waals surface area contributed by atoms with Crippen LogP contribution in [0.4, 0.5) is 0 Å². The molecule has 1 aromatic rings. The molecule has 3 heteroatoms. The molecule has 0 saturated heterocycles. The molecule has 0 bridgehead atoms. The lowest BCUT2D eigenvalue weighted by molar-refractivity contribution is 0.470. The van der Waals surface area contributed by atoms with Crippen molar-refractivity contribution in [2.24, 2.45) is 5.92 Å². The van der Waals surface area contributed by atoms with Crippen LogP contribution in [0.3, 0.4) is 0 Å². The van der Waals surface area contributed by atoms with E-state index in [0.717, 1.165) is 18.9 Å². The van der Waals surface area contributed by atoms with E-state index in [1.165, 1.54) is 31.2 Å². The Kier molecular flexibility index (Phi) is 5.35. The molecule has 1 nitrogen and oxygen atoms in total. The molecular weight excluding hydrogens is 265 g/mol. The summed E-state index contributed by atoms with van der Waals surface area (Å²) in [5, 5.41) is 4.91. The Hall–Kier alpha value is -0.240. The number of rotatable bonds is 7. The van der Waals surface area contributed by atoms with Crippen LogP contribution in [-0.4, -0.2) is 6.54 Å². The predicted molar refractivity (Wildman–Crippen MR) is 79.5 cm³/mol. The third kappa shape index (κ3) is 4.15. The van der Waals surface area contributed by atoms with E-state index in [2.05, 4.69) is 18.3 Å². The Morgan fingerprint density at radius 1 is 1.28 bits per heavy atom.